The summed E-state index contributed by atoms with van der Waals surface area (Å²) in [6.07, 6.45) is 2.34. The number of aromatic nitrogens is 3. The maximum Gasteiger partial charge on any atom is 0.147 e. The van der Waals surface area contributed by atoms with Crippen LogP contribution in [0.4, 0.5) is 0 Å². The van der Waals surface area contributed by atoms with E-state index in [9.17, 15) is 0 Å². The quantitative estimate of drug-likeness (QED) is 0.937. The van der Waals surface area contributed by atoms with Crippen molar-refractivity contribution in [2.45, 2.75) is 32.4 Å². The molecule has 4 nitrogen and oxygen atoms in total. The van der Waals surface area contributed by atoms with Gasteiger partial charge in [-0.2, -0.15) is 5.10 Å². The van der Waals surface area contributed by atoms with E-state index in [1.165, 1.54) is 12.0 Å². The molecule has 5 heteroatoms. The molecule has 19 heavy (non-hydrogen) atoms. The number of rotatable bonds is 3. The van der Waals surface area contributed by atoms with Gasteiger partial charge in [0.2, 0.25) is 0 Å². The summed E-state index contributed by atoms with van der Waals surface area (Å²) in [7, 11) is 0. The summed E-state index contributed by atoms with van der Waals surface area (Å²) in [6.45, 7) is 3.75. The van der Waals surface area contributed by atoms with Gasteiger partial charge < -0.3 is 5.32 Å². The molecular weight excluding hydrogens is 260 g/mol. The van der Waals surface area contributed by atoms with E-state index in [4.69, 9.17) is 11.6 Å². The zero-order valence-electron chi connectivity index (χ0n) is 10.9. The molecule has 0 spiro atoms. The van der Waals surface area contributed by atoms with E-state index in [-0.39, 0.29) is 0 Å². The Morgan fingerprint density at radius 3 is 2.84 bits per heavy atom. The summed E-state index contributed by atoms with van der Waals surface area (Å²) in [4.78, 5) is 4.57. The number of nitrogens with zero attached hydrogens (tertiary/aromatic N) is 3. The topological polar surface area (TPSA) is 42.7 Å². The minimum absolute atomic E-state index is 0.341. The van der Waals surface area contributed by atoms with E-state index in [1.807, 2.05) is 35.9 Å². The summed E-state index contributed by atoms with van der Waals surface area (Å²) < 4.78 is 2.00. The highest BCUT2D eigenvalue weighted by Gasteiger charge is 2.22. The van der Waals surface area contributed by atoms with Crippen molar-refractivity contribution in [2.75, 3.05) is 6.54 Å². The number of benzene rings is 1. The normalized spacial score (nSPS) is 18.9. The molecular formula is C14H17ClN4. The van der Waals surface area contributed by atoms with Crippen LogP contribution in [0.15, 0.2) is 24.3 Å². The number of aryl methyl sites for hydroxylation is 1. The molecule has 0 radical (unpaired) electrons. The lowest BCUT2D eigenvalue weighted by Gasteiger charge is -2.11. The summed E-state index contributed by atoms with van der Waals surface area (Å²) in [5.41, 5.74) is 1.19. The SMILES string of the molecule is Cc1nc(C2CCCN2)n(Cc2ccc(Cl)cc2)n1. The van der Waals surface area contributed by atoms with Gasteiger partial charge in [-0.05, 0) is 44.0 Å². The zero-order chi connectivity index (χ0) is 13.2. The lowest BCUT2D eigenvalue weighted by atomic mass is 10.2. The van der Waals surface area contributed by atoms with Crippen molar-refractivity contribution < 1.29 is 0 Å². The Morgan fingerprint density at radius 2 is 2.16 bits per heavy atom. The second kappa shape index (κ2) is 5.31. The smallest absolute Gasteiger partial charge is 0.147 e. The standard InChI is InChI=1S/C14H17ClN4/c1-10-17-14(13-3-2-8-16-13)19(18-10)9-11-4-6-12(15)7-5-11/h4-7,13,16H,2-3,8-9H2,1H3. The van der Waals surface area contributed by atoms with Gasteiger partial charge in [-0.3, -0.25) is 0 Å². The molecule has 1 fully saturated rings. The number of hydrogen-bond acceptors (Lipinski definition) is 3. The van der Waals surface area contributed by atoms with Crippen LogP contribution < -0.4 is 5.32 Å². The van der Waals surface area contributed by atoms with Crippen LogP contribution in [0.5, 0.6) is 0 Å². The lowest BCUT2D eigenvalue weighted by molar-refractivity contribution is 0.537. The van der Waals surface area contributed by atoms with Crippen molar-refractivity contribution in [3.63, 3.8) is 0 Å². The van der Waals surface area contributed by atoms with Gasteiger partial charge in [0.15, 0.2) is 0 Å². The largest absolute Gasteiger partial charge is 0.307 e. The van der Waals surface area contributed by atoms with Gasteiger partial charge in [-0.15, -0.1) is 0 Å². The molecule has 2 heterocycles. The molecule has 1 aromatic carbocycles. The molecule has 100 valence electrons. The minimum Gasteiger partial charge on any atom is -0.307 e. The Balaban J connectivity index is 1.85. The second-order valence-corrected chi connectivity index (χ2v) is 5.39. The summed E-state index contributed by atoms with van der Waals surface area (Å²) >= 11 is 5.91. The molecule has 0 bridgehead atoms. The van der Waals surface area contributed by atoms with E-state index in [0.29, 0.717) is 6.04 Å². The molecule has 1 saturated heterocycles. The van der Waals surface area contributed by atoms with Crippen molar-refractivity contribution in [3.05, 3.63) is 46.5 Å². The van der Waals surface area contributed by atoms with E-state index in [1.54, 1.807) is 0 Å². The van der Waals surface area contributed by atoms with Gasteiger partial charge in [0.25, 0.3) is 0 Å². The third kappa shape index (κ3) is 2.80. The molecule has 1 aliphatic heterocycles. The van der Waals surface area contributed by atoms with E-state index in [2.05, 4.69) is 15.4 Å². The van der Waals surface area contributed by atoms with Crippen LogP contribution in [-0.2, 0) is 6.54 Å². The van der Waals surface area contributed by atoms with Crippen LogP contribution in [0.2, 0.25) is 5.02 Å². The highest BCUT2D eigenvalue weighted by molar-refractivity contribution is 6.30. The Labute approximate surface area is 117 Å². The summed E-state index contributed by atoms with van der Waals surface area (Å²) in [5, 5.41) is 8.74. The predicted molar refractivity (Wildman–Crippen MR) is 75.3 cm³/mol. The Bertz CT molecular complexity index is 555. The maximum absolute atomic E-state index is 5.91. The molecule has 0 amide bonds. The van der Waals surface area contributed by atoms with Gasteiger partial charge in [0.1, 0.15) is 11.6 Å². The predicted octanol–water partition coefficient (Wildman–Crippen LogP) is 2.71. The molecule has 2 aromatic rings. The van der Waals surface area contributed by atoms with Gasteiger partial charge in [-0.25, -0.2) is 9.67 Å². The Kier molecular flexibility index (Phi) is 3.53. The third-order valence-corrected chi connectivity index (χ3v) is 3.68. The molecule has 1 N–H and O–H groups in total. The molecule has 1 atom stereocenters. The second-order valence-electron chi connectivity index (χ2n) is 4.95. The Morgan fingerprint density at radius 1 is 1.37 bits per heavy atom. The van der Waals surface area contributed by atoms with Crippen molar-refractivity contribution in [3.8, 4) is 0 Å². The first-order valence-corrected chi connectivity index (χ1v) is 6.99. The molecule has 1 aromatic heterocycles. The van der Waals surface area contributed by atoms with Crippen molar-refractivity contribution in [1.29, 1.82) is 0 Å². The molecule has 1 aliphatic rings. The fourth-order valence-corrected chi connectivity index (χ4v) is 2.64. The maximum atomic E-state index is 5.91. The number of hydrogen-bond donors (Lipinski definition) is 1. The first kappa shape index (κ1) is 12.6. The van der Waals surface area contributed by atoms with Crippen LogP contribution >= 0.6 is 11.6 Å². The van der Waals surface area contributed by atoms with Crippen LogP contribution in [0.25, 0.3) is 0 Å². The van der Waals surface area contributed by atoms with Crippen LogP contribution in [0, 0.1) is 6.92 Å². The van der Waals surface area contributed by atoms with E-state index in [0.717, 1.165) is 36.2 Å². The van der Waals surface area contributed by atoms with Gasteiger partial charge in [-0.1, -0.05) is 23.7 Å². The van der Waals surface area contributed by atoms with Crippen LogP contribution in [0.3, 0.4) is 0 Å². The van der Waals surface area contributed by atoms with Crippen LogP contribution in [-0.4, -0.2) is 21.3 Å². The third-order valence-electron chi connectivity index (χ3n) is 3.42. The fourth-order valence-electron chi connectivity index (χ4n) is 2.51. The van der Waals surface area contributed by atoms with Crippen molar-refractivity contribution in [2.24, 2.45) is 0 Å². The van der Waals surface area contributed by atoms with Crippen molar-refractivity contribution >= 4 is 11.6 Å². The molecule has 1 unspecified atom stereocenters. The Hall–Kier alpha value is -1.39. The van der Waals surface area contributed by atoms with Gasteiger partial charge >= 0.3 is 0 Å². The molecule has 0 aliphatic carbocycles. The van der Waals surface area contributed by atoms with E-state index >= 15 is 0 Å². The number of nitrogens with one attached hydrogen (secondary N) is 1. The zero-order valence-corrected chi connectivity index (χ0v) is 11.7. The summed E-state index contributed by atoms with van der Waals surface area (Å²) in [5.74, 6) is 1.88. The summed E-state index contributed by atoms with van der Waals surface area (Å²) in [6, 6.07) is 8.23. The fraction of sp³-hybridized carbons (Fsp3) is 0.429. The van der Waals surface area contributed by atoms with Gasteiger partial charge in [0.05, 0.1) is 12.6 Å². The first-order valence-electron chi connectivity index (χ1n) is 6.61. The lowest BCUT2D eigenvalue weighted by Crippen LogP contribution is -2.19. The van der Waals surface area contributed by atoms with Gasteiger partial charge in [0, 0.05) is 5.02 Å². The highest BCUT2D eigenvalue weighted by atomic mass is 35.5. The minimum atomic E-state index is 0.341. The number of halogens is 1. The molecule has 0 saturated carbocycles. The average molecular weight is 277 g/mol. The van der Waals surface area contributed by atoms with E-state index < -0.39 is 0 Å². The monoisotopic (exact) mass is 276 g/mol. The average Bonchev–Trinajstić information content (AvgIpc) is 3.01. The highest BCUT2D eigenvalue weighted by Crippen LogP contribution is 2.22. The first-order chi connectivity index (χ1) is 9.22. The molecule has 3 rings (SSSR count). The van der Waals surface area contributed by atoms with Crippen molar-refractivity contribution in [1.82, 2.24) is 20.1 Å². The van der Waals surface area contributed by atoms with Crippen LogP contribution in [0.1, 0.15) is 36.1 Å².